The molecular weight excluding hydrogens is 264 g/mol. The number of benzene rings is 2. The van der Waals surface area contributed by atoms with Crippen molar-refractivity contribution >= 4 is 5.91 Å². The van der Waals surface area contributed by atoms with Gasteiger partial charge in [-0.25, -0.2) is 0 Å². The molecule has 4 nitrogen and oxygen atoms in total. The molecule has 0 bridgehead atoms. The van der Waals surface area contributed by atoms with Crippen LogP contribution < -0.4 is 15.8 Å². The molecule has 2 rings (SSSR count). The van der Waals surface area contributed by atoms with E-state index in [9.17, 15) is 4.79 Å². The van der Waals surface area contributed by atoms with Gasteiger partial charge in [-0.3, -0.25) is 4.79 Å². The number of hydrogen-bond acceptors (Lipinski definition) is 3. The molecule has 0 radical (unpaired) electrons. The first kappa shape index (κ1) is 15.1. The zero-order valence-corrected chi connectivity index (χ0v) is 12.1. The van der Waals surface area contributed by atoms with Gasteiger partial charge in [-0.1, -0.05) is 48.5 Å². The molecule has 110 valence electrons. The van der Waals surface area contributed by atoms with E-state index < -0.39 is 0 Å². The normalized spacial score (nSPS) is 11.9. The highest BCUT2D eigenvalue weighted by Crippen LogP contribution is 2.29. The third-order valence-corrected chi connectivity index (χ3v) is 3.33. The lowest BCUT2D eigenvalue weighted by Gasteiger charge is -2.15. The number of para-hydroxylation sites is 1. The van der Waals surface area contributed by atoms with Crippen LogP contribution in [-0.2, 0) is 4.79 Å². The van der Waals surface area contributed by atoms with E-state index in [0.29, 0.717) is 13.0 Å². The van der Waals surface area contributed by atoms with E-state index in [4.69, 9.17) is 10.5 Å². The minimum Gasteiger partial charge on any atom is -0.493 e. The van der Waals surface area contributed by atoms with Crippen LogP contribution in [0.3, 0.4) is 0 Å². The first-order chi connectivity index (χ1) is 10.2. The summed E-state index contributed by atoms with van der Waals surface area (Å²) in [5.41, 5.74) is 7.44. The van der Waals surface area contributed by atoms with Crippen molar-refractivity contribution in [2.75, 3.05) is 13.7 Å². The van der Waals surface area contributed by atoms with Crippen LogP contribution in [0.2, 0.25) is 0 Å². The molecule has 2 aromatic rings. The Kier molecular flexibility index (Phi) is 5.35. The van der Waals surface area contributed by atoms with Gasteiger partial charge in [0.15, 0.2) is 0 Å². The molecule has 1 unspecified atom stereocenters. The van der Waals surface area contributed by atoms with Gasteiger partial charge in [0.05, 0.1) is 12.6 Å². The number of rotatable bonds is 7. The largest absolute Gasteiger partial charge is 0.493 e. The second kappa shape index (κ2) is 7.45. The molecule has 1 amide bonds. The molecule has 21 heavy (non-hydrogen) atoms. The molecule has 0 aromatic heterocycles. The maximum atomic E-state index is 11.2. The summed E-state index contributed by atoms with van der Waals surface area (Å²) in [6, 6.07) is 17.6. The van der Waals surface area contributed by atoms with Gasteiger partial charge in [-0.05, 0) is 18.7 Å². The highest BCUT2D eigenvalue weighted by atomic mass is 16.5. The molecule has 0 heterocycles. The Labute approximate surface area is 124 Å². The van der Waals surface area contributed by atoms with Crippen LogP contribution in [0.1, 0.15) is 6.42 Å². The van der Waals surface area contributed by atoms with Crippen LogP contribution in [0.25, 0.3) is 11.1 Å². The number of ether oxygens (including phenoxy) is 1. The van der Waals surface area contributed by atoms with Crippen LogP contribution in [0, 0.1) is 0 Å². The Morgan fingerprint density at radius 1 is 1.14 bits per heavy atom. The highest BCUT2D eigenvalue weighted by Gasteiger charge is 2.13. The number of nitrogens with one attached hydrogen (secondary N) is 1. The van der Waals surface area contributed by atoms with Gasteiger partial charge in [-0.2, -0.15) is 0 Å². The summed E-state index contributed by atoms with van der Waals surface area (Å²) in [6.45, 7) is 0.429. The van der Waals surface area contributed by atoms with Crippen molar-refractivity contribution in [2.24, 2.45) is 5.73 Å². The number of primary amides is 1. The fourth-order valence-electron chi connectivity index (χ4n) is 2.16. The smallest absolute Gasteiger partial charge is 0.234 e. The molecule has 2 aromatic carbocycles. The monoisotopic (exact) mass is 284 g/mol. The first-order valence-corrected chi connectivity index (χ1v) is 6.96. The molecule has 0 aliphatic rings. The number of amides is 1. The summed E-state index contributed by atoms with van der Waals surface area (Å²) in [5.74, 6) is 0.445. The molecule has 0 saturated carbocycles. The van der Waals surface area contributed by atoms with Gasteiger partial charge >= 0.3 is 0 Å². The van der Waals surface area contributed by atoms with E-state index in [2.05, 4.69) is 5.32 Å². The minimum atomic E-state index is -0.367. The molecule has 0 spiro atoms. The van der Waals surface area contributed by atoms with Gasteiger partial charge < -0.3 is 15.8 Å². The molecule has 0 fully saturated rings. The molecule has 4 heteroatoms. The van der Waals surface area contributed by atoms with E-state index in [1.54, 1.807) is 7.05 Å². The fourth-order valence-corrected chi connectivity index (χ4v) is 2.16. The summed E-state index contributed by atoms with van der Waals surface area (Å²) in [5, 5.41) is 2.88. The highest BCUT2D eigenvalue weighted by molar-refractivity contribution is 5.79. The van der Waals surface area contributed by atoms with Crippen LogP contribution in [0.4, 0.5) is 0 Å². The molecule has 1 atom stereocenters. The Bertz CT molecular complexity index is 584. The van der Waals surface area contributed by atoms with Crippen LogP contribution in [0.15, 0.2) is 54.6 Å². The quantitative estimate of drug-likeness (QED) is 0.819. The average molecular weight is 284 g/mol. The molecule has 3 N–H and O–H groups in total. The van der Waals surface area contributed by atoms with E-state index in [0.717, 1.165) is 16.9 Å². The Morgan fingerprint density at radius 2 is 1.81 bits per heavy atom. The standard InChI is InChI=1S/C17H20N2O2/c1-19-15(17(18)20)11-12-21-16-10-6-5-9-14(16)13-7-3-2-4-8-13/h2-10,15,19H,11-12H2,1H3,(H2,18,20). The zero-order chi connectivity index (χ0) is 15.1. The lowest BCUT2D eigenvalue weighted by Crippen LogP contribution is -2.40. The van der Waals surface area contributed by atoms with E-state index >= 15 is 0 Å². The molecule has 0 saturated heterocycles. The summed E-state index contributed by atoms with van der Waals surface area (Å²) in [6.07, 6.45) is 0.537. The van der Waals surface area contributed by atoms with Crippen LogP contribution in [-0.4, -0.2) is 25.6 Å². The van der Waals surface area contributed by atoms with Crippen molar-refractivity contribution in [1.82, 2.24) is 5.32 Å². The maximum absolute atomic E-state index is 11.2. The lowest BCUT2D eigenvalue weighted by atomic mass is 10.0. The Morgan fingerprint density at radius 3 is 2.48 bits per heavy atom. The predicted molar refractivity (Wildman–Crippen MR) is 84.0 cm³/mol. The van der Waals surface area contributed by atoms with E-state index in [1.165, 1.54) is 0 Å². The minimum absolute atomic E-state index is 0.363. The van der Waals surface area contributed by atoms with Gasteiger partial charge in [0, 0.05) is 12.0 Å². The first-order valence-electron chi connectivity index (χ1n) is 6.96. The maximum Gasteiger partial charge on any atom is 0.234 e. The van der Waals surface area contributed by atoms with E-state index in [-0.39, 0.29) is 11.9 Å². The SMILES string of the molecule is CNC(CCOc1ccccc1-c1ccccc1)C(N)=O. The van der Waals surface area contributed by atoms with Gasteiger partial charge in [0.2, 0.25) is 5.91 Å². The number of carbonyl (C=O) groups excluding carboxylic acids is 1. The van der Waals surface area contributed by atoms with Gasteiger partial charge in [0.25, 0.3) is 0 Å². The summed E-state index contributed by atoms with van der Waals surface area (Å²) >= 11 is 0. The van der Waals surface area contributed by atoms with Gasteiger partial charge in [-0.15, -0.1) is 0 Å². The molecule has 0 aliphatic heterocycles. The number of nitrogens with two attached hydrogens (primary N) is 1. The van der Waals surface area contributed by atoms with Crippen molar-refractivity contribution in [1.29, 1.82) is 0 Å². The number of carbonyl (C=O) groups is 1. The van der Waals surface area contributed by atoms with Crippen molar-refractivity contribution in [3.05, 3.63) is 54.6 Å². The van der Waals surface area contributed by atoms with Crippen LogP contribution >= 0.6 is 0 Å². The van der Waals surface area contributed by atoms with Crippen molar-refractivity contribution in [2.45, 2.75) is 12.5 Å². The summed E-state index contributed by atoms with van der Waals surface area (Å²) < 4.78 is 5.83. The third kappa shape index (κ3) is 4.07. The number of hydrogen-bond donors (Lipinski definition) is 2. The van der Waals surface area contributed by atoms with Gasteiger partial charge in [0.1, 0.15) is 5.75 Å². The predicted octanol–water partition coefficient (Wildman–Crippen LogP) is 2.20. The summed E-state index contributed by atoms with van der Waals surface area (Å²) in [7, 11) is 1.72. The Hall–Kier alpha value is -2.33. The van der Waals surface area contributed by atoms with E-state index in [1.807, 2.05) is 54.6 Å². The van der Waals surface area contributed by atoms with Crippen molar-refractivity contribution < 1.29 is 9.53 Å². The number of likely N-dealkylation sites (N-methyl/N-ethyl adjacent to an activating group) is 1. The Balaban J connectivity index is 2.06. The lowest BCUT2D eigenvalue weighted by molar-refractivity contribution is -0.120. The van der Waals surface area contributed by atoms with Crippen molar-refractivity contribution in [3.8, 4) is 16.9 Å². The third-order valence-electron chi connectivity index (χ3n) is 3.33. The molecule has 0 aliphatic carbocycles. The second-order valence-corrected chi connectivity index (χ2v) is 4.74. The topological polar surface area (TPSA) is 64.3 Å². The summed E-state index contributed by atoms with van der Waals surface area (Å²) in [4.78, 5) is 11.2. The van der Waals surface area contributed by atoms with Crippen molar-refractivity contribution in [3.63, 3.8) is 0 Å². The zero-order valence-electron chi connectivity index (χ0n) is 12.1. The van der Waals surface area contributed by atoms with Crippen LogP contribution in [0.5, 0.6) is 5.75 Å². The fraction of sp³-hybridized carbons (Fsp3) is 0.235. The second-order valence-electron chi connectivity index (χ2n) is 4.74. The molecular formula is C17H20N2O2. The average Bonchev–Trinajstić information content (AvgIpc) is 2.52.